The minimum absolute atomic E-state index is 0.0132. The Hall–Kier alpha value is -2.97. The van der Waals surface area contributed by atoms with Gasteiger partial charge in [-0.2, -0.15) is 0 Å². The molecule has 1 aliphatic carbocycles. The number of aliphatic hydroxyl groups excluding tert-OH is 5. The third kappa shape index (κ3) is 32.4. The fourth-order valence-corrected chi connectivity index (χ4v) is 7.80. The third-order valence-corrected chi connectivity index (χ3v) is 11.7. The molecule has 0 radical (unpaired) electrons. The summed E-state index contributed by atoms with van der Waals surface area (Å²) >= 11 is 0. The van der Waals surface area contributed by atoms with E-state index in [1.165, 1.54) is 51.4 Å². The Labute approximate surface area is 390 Å². The van der Waals surface area contributed by atoms with Crippen LogP contribution in [-0.4, -0.2) is 98.3 Å². The predicted molar refractivity (Wildman–Crippen MR) is 258 cm³/mol. The summed E-state index contributed by atoms with van der Waals surface area (Å²) in [6, 6.07) is 0. The molecule has 65 heavy (non-hydrogen) atoms. The van der Waals surface area contributed by atoms with Crippen LogP contribution in [0.1, 0.15) is 168 Å². The first-order valence-corrected chi connectivity index (χ1v) is 25.9. The summed E-state index contributed by atoms with van der Waals surface area (Å²) in [6.45, 7) is 3.11. The fourth-order valence-electron chi connectivity index (χ4n) is 6.82. The Morgan fingerprint density at radius 2 is 0.892 bits per heavy atom. The lowest BCUT2D eigenvalue weighted by Gasteiger charge is -2.41. The van der Waals surface area contributed by atoms with E-state index in [9.17, 15) is 44.6 Å². The van der Waals surface area contributed by atoms with E-state index in [-0.39, 0.29) is 12.8 Å². The van der Waals surface area contributed by atoms with Gasteiger partial charge < -0.3 is 39.9 Å². The van der Waals surface area contributed by atoms with Crippen molar-refractivity contribution in [2.45, 2.75) is 211 Å². The van der Waals surface area contributed by atoms with Gasteiger partial charge in [-0.05, 0) is 83.5 Å². The van der Waals surface area contributed by atoms with E-state index in [2.05, 4.69) is 86.8 Å². The van der Waals surface area contributed by atoms with Gasteiger partial charge in [-0.3, -0.25) is 18.6 Å². The van der Waals surface area contributed by atoms with E-state index in [1.807, 2.05) is 12.2 Å². The molecule has 14 heteroatoms. The van der Waals surface area contributed by atoms with Crippen molar-refractivity contribution in [3.05, 3.63) is 85.1 Å². The summed E-state index contributed by atoms with van der Waals surface area (Å²) < 4.78 is 33.5. The number of unbranched alkanes of at least 4 members (excludes halogenated alkanes) is 13. The van der Waals surface area contributed by atoms with Crippen LogP contribution >= 0.6 is 7.82 Å². The molecule has 6 N–H and O–H groups in total. The van der Waals surface area contributed by atoms with E-state index in [0.717, 1.165) is 70.6 Å². The molecule has 0 bridgehead atoms. The van der Waals surface area contributed by atoms with Crippen LogP contribution in [0, 0.1) is 0 Å². The number of carbonyl (C=O) groups excluding carboxylic acids is 2. The molecule has 8 atom stereocenters. The predicted octanol–water partition coefficient (Wildman–Crippen LogP) is 10.1. The first-order valence-electron chi connectivity index (χ1n) is 24.4. The minimum Gasteiger partial charge on any atom is -0.462 e. The molecule has 0 saturated heterocycles. The second kappa shape index (κ2) is 40.1. The molecule has 0 aromatic rings. The molecule has 372 valence electrons. The molecule has 0 aromatic heterocycles. The number of ether oxygens (including phenoxy) is 2. The lowest BCUT2D eigenvalue weighted by Crippen LogP contribution is -2.64. The van der Waals surface area contributed by atoms with Crippen LogP contribution in [0.2, 0.25) is 0 Å². The van der Waals surface area contributed by atoms with Crippen LogP contribution in [0.3, 0.4) is 0 Å². The van der Waals surface area contributed by atoms with Gasteiger partial charge in [-0.25, -0.2) is 4.57 Å². The number of rotatable bonds is 39. The largest absolute Gasteiger partial charge is 0.472 e. The lowest BCUT2D eigenvalue weighted by molar-refractivity contribution is -0.220. The Balaban J connectivity index is 2.47. The van der Waals surface area contributed by atoms with E-state index in [0.29, 0.717) is 19.3 Å². The van der Waals surface area contributed by atoms with Crippen LogP contribution in [-0.2, 0) is 32.7 Å². The number of phosphoric acid groups is 1. The van der Waals surface area contributed by atoms with E-state index in [4.69, 9.17) is 18.5 Å². The molecule has 1 aliphatic rings. The van der Waals surface area contributed by atoms with Crippen molar-refractivity contribution in [3.8, 4) is 0 Å². The number of phosphoric ester groups is 1. The number of esters is 2. The third-order valence-electron chi connectivity index (χ3n) is 10.7. The smallest absolute Gasteiger partial charge is 0.462 e. The van der Waals surface area contributed by atoms with Crippen LogP contribution in [0.25, 0.3) is 0 Å². The highest BCUT2D eigenvalue weighted by Gasteiger charge is 2.51. The fraction of sp³-hybridized carbons (Fsp3) is 0.686. The second-order valence-corrected chi connectivity index (χ2v) is 18.0. The van der Waals surface area contributed by atoms with Crippen LogP contribution in [0.4, 0.5) is 0 Å². The summed E-state index contributed by atoms with van der Waals surface area (Å²) in [5, 5.41) is 50.2. The average Bonchev–Trinajstić information content (AvgIpc) is 3.29. The van der Waals surface area contributed by atoms with Gasteiger partial charge >= 0.3 is 19.8 Å². The maximum absolute atomic E-state index is 12.8. The molecule has 0 aliphatic heterocycles. The summed E-state index contributed by atoms with van der Waals surface area (Å²) in [4.78, 5) is 35.8. The number of allylic oxidation sites excluding steroid dienone is 14. The van der Waals surface area contributed by atoms with Crippen molar-refractivity contribution in [3.63, 3.8) is 0 Å². The summed E-state index contributed by atoms with van der Waals surface area (Å²) in [5.41, 5.74) is 0. The first-order chi connectivity index (χ1) is 31.4. The lowest BCUT2D eigenvalue weighted by atomic mass is 9.85. The Kier molecular flexibility index (Phi) is 37.1. The molecule has 0 aromatic carbocycles. The van der Waals surface area contributed by atoms with Gasteiger partial charge in [0.1, 0.15) is 43.2 Å². The topological polar surface area (TPSA) is 210 Å². The average molecular weight is 937 g/mol. The van der Waals surface area contributed by atoms with Crippen LogP contribution < -0.4 is 0 Å². The van der Waals surface area contributed by atoms with Crippen molar-refractivity contribution in [2.75, 3.05) is 13.2 Å². The van der Waals surface area contributed by atoms with E-state index >= 15 is 0 Å². The zero-order valence-electron chi connectivity index (χ0n) is 39.5. The Morgan fingerprint density at radius 3 is 1.38 bits per heavy atom. The SMILES string of the molecule is CC/C=C\C/C=C\C/C=C\C/C=C\C/C=C\CCCC(=O)O[C@H](COC(=O)CCCCCCCCCCC/C=C\C/C=C\CCCCC)COP(=O)(O)OC1C(O)C(O)C(O)[C@@H](O)C1O. The quantitative estimate of drug-likeness (QED) is 0.0147. The zero-order chi connectivity index (χ0) is 47.8. The summed E-state index contributed by atoms with van der Waals surface area (Å²) in [6.07, 6.45) is 39.2. The van der Waals surface area contributed by atoms with Crippen LogP contribution in [0.5, 0.6) is 0 Å². The van der Waals surface area contributed by atoms with Gasteiger partial charge in [-0.15, -0.1) is 0 Å². The molecular formula is C51H85O13P. The number of aliphatic hydroxyl groups is 5. The van der Waals surface area contributed by atoms with Gasteiger partial charge in [-0.1, -0.05) is 157 Å². The second-order valence-electron chi connectivity index (χ2n) is 16.6. The van der Waals surface area contributed by atoms with Gasteiger partial charge in [0.15, 0.2) is 6.10 Å². The molecular weight excluding hydrogens is 852 g/mol. The standard InChI is InChI=1S/C51H85O13P/c1-3-5-7-9-11-13-15-17-19-21-22-24-25-27-29-31-33-35-37-39-44(52)61-41-43(42-62-65(59,60)64-51-49(57)47(55)46(54)48(56)50(51)58)63-45(53)40-38-36-34-32-30-28-26-23-20-18-16-14-12-10-8-6-4-2/h6,8,11-14,17-20,26,28,32,34,43,46-51,54-58H,3-5,7,9-10,15-16,21-25,27,29-31,33,35-42H2,1-2H3,(H,59,60)/b8-6-,13-11-,14-12-,19-17-,20-18-,28-26-,34-32-/t43-,46?,47-,48?,49?,50?,51?/m1/s1. The molecule has 6 unspecified atom stereocenters. The molecule has 0 heterocycles. The number of hydrogen-bond acceptors (Lipinski definition) is 12. The Morgan fingerprint density at radius 1 is 0.492 bits per heavy atom. The molecule has 1 saturated carbocycles. The number of hydrogen-bond donors (Lipinski definition) is 6. The summed E-state index contributed by atoms with van der Waals surface area (Å²) in [5.74, 6) is -1.18. The van der Waals surface area contributed by atoms with Crippen molar-refractivity contribution in [2.24, 2.45) is 0 Å². The maximum atomic E-state index is 12.8. The van der Waals surface area contributed by atoms with E-state index in [1.54, 1.807) is 0 Å². The minimum atomic E-state index is -5.14. The van der Waals surface area contributed by atoms with Crippen molar-refractivity contribution in [1.29, 1.82) is 0 Å². The van der Waals surface area contributed by atoms with Gasteiger partial charge in [0, 0.05) is 12.8 Å². The molecule has 13 nitrogen and oxygen atoms in total. The number of carbonyl (C=O) groups is 2. The molecule has 0 spiro atoms. The van der Waals surface area contributed by atoms with Gasteiger partial charge in [0.05, 0.1) is 6.61 Å². The van der Waals surface area contributed by atoms with Gasteiger partial charge in [0.2, 0.25) is 0 Å². The highest BCUT2D eigenvalue weighted by molar-refractivity contribution is 7.47. The normalized spacial score (nSPS) is 22.2. The monoisotopic (exact) mass is 937 g/mol. The molecule has 0 amide bonds. The molecule has 1 rings (SSSR count). The van der Waals surface area contributed by atoms with Crippen molar-refractivity contribution < 1.29 is 63.1 Å². The molecule has 1 fully saturated rings. The first kappa shape index (κ1) is 60.0. The highest BCUT2D eigenvalue weighted by Crippen LogP contribution is 2.47. The van der Waals surface area contributed by atoms with E-state index < -0.39 is 75.7 Å². The van der Waals surface area contributed by atoms with Gasteiger partial charge in [0.25, 0.3) is 0 Å². The van der Waals surface area contributed by atoms with Crippen molar-refractivity contribution in [1.82, 2.24) is 0 Å². The zero-order valence-corrected chi connectivity index (χ0v) is 40.4. The van der Waals surface area contributed by atoms with Crippen molar-refractivity contribution >= 4 is 19.8 Å². The Bertz CT molecular complexity index is 1460. The maximum Gasteiger partial charge on any atom is 0.472 e. The summed E-state index contributed by atoms with van der Waals surface area (Å²) in [7, 11) is -5.14. The van der Waals surface area contributed by atoms with Crippen LogP contribution in [0.15, 0.2) is 85.1 Å². The highest BCUT2D eigenvalue weighted by atomic mass is 31.2.